The summed E-state index contributed by atoms with van der Waals surface area (Å²) in [6.45, 7) is 0. The van der Waals surface area contributed by atoms with Crippen LogP contribution < -0.4 is 0 Å². The molecule has 0 amide bonds. The van der Waals surface area contributed by atoms with E-state index in [4.69, 9.17) is 0 Å². The molecule has 0 saturated carbocycles. The van der Waals surface area contributed by atoms with E-state index < -0.39 is 0 Å². The molecule has 1 N–H and O–H groups in total. The molecule has 0 bridgehead atoms. The second-order valence-corrected chi connectivity index (χ2v) is 4.93. The van der Waals surface area contributed by atoms with Crippen molar-refractivity contribution in [3.05, 3.63) is 101 Å². The molecule has 3 aromatic rings. The zero-order valence-corrected chi connectivity index (χ0v) is 12.5. The van der Waals surface area contributed by atoms with E-state index in [2.05, 4.69) is 23.7 Å². The van der Waals surface area contributed by atoms with Gasteiger partial charge in [-0.2, -0.15) is 0 Å². The summed E-state index contributed by atoms with van der Waals surface area (Å²) >= 11 is 0. The van der Waals surface area contributed by atoms with E-state index >= 15 is 0 Å². The lowest BCUT2D eigenvalue weighted by Crippen LogP contribution is -1.85. The number of phenolic OH excluding ortho intramolecular Hbond substituents is 1. The molecule has 0 unspecified atom stereocenters. The van der Waals surface area contributed by atoms with Crippen LogP contribution in [0.3, 0.4) is 0 Å². The molecule has 0 atom stereocenters. The van der Waals surface area contributed by atoms with Gasteiger partial charge in [-0.25, -0.2) is 0 Å². The maximum atomic E-state index is 10.1. The molecular formula is C22H14O. The Labute approximate surface area is 136 Å². The predicted molar refractivity (Wildman–Crippen MR) is 93.0 cm³/mol. The van der Waals surface area contributed by atoms with Crippen LogP contribution in [0.15, 0.2) is 78.9 Å². The molecule has 0 aliphatic heterocycles. The first-order chi connectivity index (χ1) is 11.3. The van der Waals surface area contributed by atoms with Gasteiger partial charge in [-0.05, 0) is 36.4 Å². The topological polar surface area (TPSA) is 20.2 Å². The van der Waals surface area contributed by atoms with Crippen LogP contribution in [0, 0.1) is 23.7 Å². The van der Waals surface area contributed by atoms with Crippen LogP contribution in [0.4, 0.5) is 0 Å². The number of hydrogen-bond acceptors (Lipinski definition) is 1. The van der Waals surface area contributed by atoms with Gasteiger partial charge in [0.1, 0.15) is 5.75 Å². The monoisotopic (exact) mass is 294 g/mol. The van der Waals surface area contributed by atoms with Crippen LogP contribution in [-0.4, -0.2) is 5.11 Å². The van der Waals surface area contributed by atoms with Gasteiger partial charge in [0.05, 0.1) is 5.56 Å². The summed E-state index contributed by atoms with van der Waals surface area (Å²) in [5.41, 5.74) is 3.10. The van der Waals surface area contributed by atoms with E-state index in [0.29, 0.717) is 5.56 Å². The highest BCUT2D eigenvalue weighted by Crippen LogP contribution is 2.19. The van der Waals surface area contributed by atoms with E-state index in [1.807, 2.05) is 66.7 Å². The van der Waals surface area contributed by atoms with Gasteiger partial charge in [0, 0.05) is 16.7 Å². The molecule has 0 spiro atoms. The number of phenols is 1. The largest absolute Gasteiger partial charge is 0.507 e. The predicted octanol–water partition coefficient (Wildman–Crippen LogP) is 4.19. The van der Waals surface area contributed by atoms with Gasteiger partial charge in [0.25, 0.3) is 0 Å². The zero-order valence-electron chi connectivity index (χ0n) is 12.5. The quantitative estimate of drug-likeness (QED) is 0.616. The lowest BCUT2D eigenvalue weighted by atomic mass is 10.1. The van der Waals surface area contributed by atoms with Crippen LogP contribution in [0.5, 0.6) is 5.75 Å². The number of rotatable bonds is 0. The minimum Gasteiger partial charge on any atom is -0.507 e. The maximum absolute atomic E-state index is 10.1. The van der Waals surface area contributed by atoms with E-state index in [0.717, 1.165) is 16.7 Å². The summed E-state index contributed by atoms with van der Waals surface area (Å²) in [5.74, 6) is 12.4. The average Bonchev–Trinajstić information content (AvgIpc) is 2.61. The SMILES string of the molecule is Oc1cccc(C#Cc2ccccc2)c1C#Cc1ccccc1. The summed E-state index contributed by atoms with van der Waals surface area (Å²) in [5, 5.41) is 10.1. The van der Waals surface area contributed by atoms with E-state index in [1.54, 1.807) is 12.1 Å². The molecular weight excluding hydrogens is 280 g/mol. The first kappa shape index (κ1) is 14.5. The van der Waals surface area contributed by atoms with Crippen molar-refractivity contribution in [3.8, 4) is 29.4 Å². The molecule has 0 aliphatic rings. The maximum Gasteiger partial charge on any atom is 0.132 e. The Morgan fingerprint density at radius 2 is 1.09 bits per heavy atom. The molecule has 0 saturated heterocycles. The third-order valence-corrected chi connectivity index (χ3v) is 3.26. The molecule has 0 radical (unpaired) electrons. The first-order valence-corrected chi connectivity index (χ1v) is 7.29. The third kappa shape index (κ3) is 3.82. The van der Waals surface area contributed by atoms with Crippen molar-refractivity contribution in [2.24, 2.45) is 0 Å². The van der Waals surface area contributed by atoms with Crippen LogP contribution in [-0.2, 0) is 0 Å². The van der Waals surface area contributed by atoms with Gasteiger partial charge in [-0.1, -0.05) is 66.1 Å². The highest BCUT2D eigenvalue weighted by Gasteiger charge is 2.02. The van der Waals surface area contributed by atoms with E-state index in [9.17, 15) is 5.11 Å². The summed E-state index contributed by atoms with van der Waals surface area (Å²) in [6.07, 6.45) is 0. The Hall–Kier alpha value is -3.42. The summed E-state index contributed by atoms with van der Waals surface area (Å²) in [7, 11) is 0. The molecule has 1 nitrogen and oxygen atoms in total. The third-order valence-electron chi connectivity index (χ3n) is 3.26. The van der Waals surface area contributed by atoms with Gasteiger partial charge in [0.2, 0.25) is 0 Å². The lowest BCUT2D eigenvalue weighted by molar-refractivity contribution is 0.473. The van der Waals surface area contributed by atoms with Gasteiger partial charge in [-0.3, -0.25) is 0 Å². The number of aromatic hydroxyl groups is 1. The van der Waals surface area contributed by atoms with Crippen LogP contribution >= 0.6 is 0 Å². The summed E-state index contributed by atoms with van der Waals surface area (Å²) < 4.78 is 0. The normalized spacial score (nSPS) is 9.22. The van der Waals surface area contributed by atoms with Crippen molar-refractivity contribution in [1.82, 2.24) is 0 Å². The van der Waals surface area contributed by atoms with Crippen molar-refractivity contribution in [2.75, 3.05) is 0 Å². The van der Waals surface area contributed by atoms with Crippen molar-refractivity contribution in [3.63, 3.8) is 0 Å². The standard InChI is InChI=1S/C22H14O/c23-22-13-7-12-20(16-14-18-8-3-1-4-9-18)21(22)17-15-19-10-5-2-6-11-19/h1-13,23H. The van der Waals surface area contributed by atoms with Crippen LogP contribution in [0.2, 0.25) is 0 Å². The first-order valence-electron chi connectivity index (χ1n) is 7.29. The zero-order chi connectivity index (χ0) is 15.9. The van der Waals surface area contributed by atoms with Gasteiger partial charge >= 0.3 is 0 Å². The minimum atomic E-state index is 0.147. The fourth-order valence-corrected chi connectivity index (χ4v) is 2.09. The molecule has 0 heterocycles. The Kier molecular flexibility index (Phi) is 4.44. The molecule has 23 heavy (non-hydrogen) atoms. The Bertz CT molecular complexity index is 918. The van der Waals surface area contributed by atoms with Crippen molar-refractivity contribution in [1.29, 1.82) is 0 Å². The fraction of sp³-hybridized carbons (Fsp3) is 0. The molecule has 1 heteroatoms. The molecule has 0 aliphatic carbocycles. The van der Waals surface area contributed by atoms with Gasteiger partial charge in [-0.15, -0.1) is 0 Å². The lowest BCUT2D eigenvalue weighted by Gasteiger charge is -2.00. The fourth-order valence-electron chi connectivity index (χ4n) is 2.09. The summed E-state index contributed by atoms with van der Waals surface area (Å²) in [6, 6.07) is 24.7. The van der Waals surface area contributed by atoms with Crippen molar-refractivity contribution in [2.45, 2.75) is 0 Å². The highest BCUT2D eigenvalue weighted by atomic mass is 16.3. The minimum absolute atomic E-state index is 0.147. The van der Waals surface area contributed by atoms with Crippen molar-refractivity contribution < 1.29 is 5.11 Å². The number of benzene rings is 3. The highest BCUT2D eigenvalue weighted by molar-refractivity contribution is 5.59. The smallest absolute Gasteiger partial charge is 0.132 e. The van der Waals surface area contributed by atoms with Crippen molar-refractivity contribution >= 4 is 0 Å². The molecule has 0 fully saturated rings. The second-order valence-electron chi connectivity index (χ2n) is 4.93. The number of hydrogen-bond donors (Lipinski definition) is 1. The van der Waals surface area contributed by atoms with Gasteiger partial charge < -0.3 is 5.11 Å². The molecule has 3 rings (SSSR count). The molecule has 3 aromatic carbocycles. The van der Waals surface area contributed by atoms with E-state index in [-0.39, 0.29) is 5.75 Å². The molecule has 0 aromatic heterocycles. The Balaban J connectivity index is 1.99. The molecule has 108 valence electrons. The van der Waals surface area contributed by atoms with E-state index in [1.165, 1.54) is 0 Å². The average molecular weight is 294 g/mol. The second kappa shape index (κ2) is 7.03. The van der Waals surface area contributed by atoms with Crippen LogP contribution in [0.1, 0.15) is 22.3 Å². The Morgan fingerprint density at radius 3 is 1.70 bits per heavy atom. The summed E-state index contributed by atoms with van der Waals surface area (Å²) in [4.78, 5) is 0. The van der Waals surface area contributed by atoms with Crippen LogP contribution in [0.25, 0.3) is 0 Å². The van der Waals surface area contributed by atoms with Gasteiger partial charge in [0.15, 0.2) is 0 Å². The Morgan fingerprint density at radius 1 is 0.522 bits per heavy atom.